The molecule has 30 heavy (non-hydrogen) atoms. The summed E-state index contributed by atoms with van der Waals surface area (Å²) < 4.78 is 13.3. The number of benzene rings is 1. The number of thiazole rings is 1. The summed E-state index contributed by atoms with van der Waals surface area (Å²) in [7, 11) is 0. The Hall–Kier alpha value is -2.42. The van der Waals surface area contributed by atoms with Crippen LogP contribution in [0.4, 0.5) is 0 Å². The van der Waals surface area contributed by atoms with E-state index >= 15 is 0 Å². The second-order valence-corrected chi connectivity index (χ2v) is 8.72. The third kappa shape index (κ3) is 3.82. The zero-order valence-electron chi connectivity index (χ0n) is 16.0. The lowest BCUT2D eigenvalue weighted by molar-refractivity contribution is -0.139. The average Bonchev–Trinajstić information content (AvgIpc) is 3.24. The number of nitrogens with zero attached hydrogens (tertiary/aromatic N) is 2. The molecule has 1 aliphatic rings. The van der Waals surface area contributed by atoms with E-state index in [1.54, 1.807) is 56.3 Å². The molecular formula is C21H16BrClN2O4S. The maximum atomic E-state index is 13.3. The van der Waals surface area contributed by atoms with Gasteiger partial charge in [-0.05, 0) is 59.6 Å². The Kier molecular flexibility index (Phi) is 5.81. The van der Waals surface area contributed by atoms with Crippen molar-refractivity contribution in [1.29, 1.82) is 0 Å². The summed E-state index contributed by atoms with van der Waals surface area (Å²) in [6.07, 6.45) is 1.66. The fourth-order valence-corrected chi connectivity index (χ4v) is 4.76. The minimum atomic E-state index is -0.664. The van der Waals surface area contributed by atoms with Crippen LogP contribution in [0, 0.1) is 0 Å². The highest BCUT2D eigenvalue weighted by atomic mass is 79.9. The van der Waals surface area contributed by atoms with Crippen molar-refractivity contribution in [2.75, 3.05) is 6.61 Å². The number of carbonyl (C=O) groups is 1. The van der Waals surface area contributed by atoms with Crippen LogP contribution in [0.25, 0.3) is 6.08 Å². The maximum absolute atomic E-state index is 13.3. The lowest BCUT2D eigenvalue weighted by atomic mass is 9.96. The van der Waals surface area contributed by atoms with Crippen molar-refractivity contribution in [3.63, 3.8) is 0 Å². The molecule has 0 saturated heterocycles. The van der Waals surface area contributed by atoms with Crippen LogP contribution < -0.4 is 14.9 Å². The zero-order valence-corrected chi connectivity index (χ0v) is 19.2. The topological polar surface area (TPSA) is 73.8 Å². The average molecular weight is 508 g/mol. The minimum absolute atomic E-state index is 0.223. The summed E-state index contributed by atoms with van der Waals surface area (Å²) in [4.78, 5) is 31.1. The van der Waals surface area contributed by atoms with Crippen molar-refractivity contribution in [3.05, 3.63) is 88.4 Å². The van der Waals surface area contributed by atoms with Crippen LogP contribution in [0.1, 0.15) is 31.2 Å². The Bertz CT molecular complexity index is 1330. The van der Waals surface area contributed by atoms with Crippen molar-refractivity contribution in [2.45, 2.75) is 19.9 Å². The number of hydrogen-bond acceptors (Lipinski definition) is 6. The summed E-state index contributed by atoms with van der Waals surface area (Å²) in [6, 6.07) is 9.90. The van der Waals surface area contributed by atoms with Gasteiger partial charge >= 0.3 is 5.97 Å². The fraction of sp³-hybridized carbons (Fsp3) is 0.190. The molecule has 3 heterocycles. The van der Waals surface area contributed by atoms with Gasteiger partial charge in [-0.2, -0.15) is 0 Å². The molecule has 4 rings (SSSR count). The first kappa shape index (κ1) is 20.8. The number of fused-ring (bicyclic) bond motifs is 1. The Morgan fingerprint density at radius 1 is 1.33 bits per heavy atom. The van der Waals surface area contributed by atoms with E-state index in [4.69, 9.17) is 20.8 Å². The van der Waals surface area contributed by atoms with Gasteiger partial charge in [-0.15, -0.1) is 0 Å². The van der Waals surface area contributed by atoms with Gasteiger partial charge in [0.1, 0.15) is 5.76 Å². The fourth-order valence-electron chi connectivity index (χ4n) is 3.29. The van der Waals surface area contributed by atoms with E-state index in [9.17, 15) is 9.59 Å². The summed E-state index contributed by atoms with van der Waals surface area (Å²) in [6.45, 7) is 3.71. The van der Waals surface area contributed by atoms with E-state index < -0.39 is 12.0 Å². The van der Waals surface area contributed by atoms with Gasteiger partial charge in [0.25, 0.3) is 5.56 Å². The second kappa shape index (κ2) is 8.37. The summed E-state index contributed by atoms with van der Waals surface area (Å²) >= 11 is 10.5. The Morgan fingerprint density at radius 2 is 2.07 bits per heavy atom. The van der Waals surface area contributed by atoms with Gasteiger partial charge in [0.15, 0.2) is 9.47 Å². The number of rotatable bonds is 4. The number of furan rings is 1. The molecule has 0 N–H and O–H groups in total. The number of hydrogen-bond donors (Lipinski definition) is 0. The highest BCUT2D eigenvalue weighted by Gasteiger charge is 2.33. The number of ether oxygens (including phenoxy) is 1. The van der Waals surface area contributed by atoms with Gasteiger partial charge in [0, 0.05) is 11.1 Å². The van der Waals surface area contributed by atoms with E-state index in [0.29, 0.717) is 36.1 Å². The van der Waals surface area contributed by atoms with Gasteiger partial charge in [-0.25, -0.2) is 9.79 Å². The van der Waals surface area contributed by atoms with Crippen LogP contribution in [0.3, 0.4) is 0 Å². The van der Waals surface area contributed by atoms with Crippen molar-refractivity contribution in [2.24, 2.45) is 4.99 Å². The molecule has 0 amide bonds. The van der Waals surface area contributed by atoms with Gasteiger partial charge in [-0.3, -0.25) is 9.36 Å². The largest absolute Gasteiger partial charge is 0.463 e. The molecule has 0 bridgehead atoms. The molecule has 0 fully saturated rings. The normalized spacial score (nSPS) is 16.4. The lowest BCUT2D eigenvalue weighted by Crippen LogP contribution is -2.39. The van der Waals surface area contributed by atoms with E-state index in [2.05, 4.69) is 20.9 Å². The number of esters is 1. The molecule has 1 aliphatic heterocycles. The lowest BCUT2D eigenvalue weighted by Gasteiger charge is -2.24. The standard InChI is InChI=1S/C21H16BrClN2O4S/c1-3-28-20(27)17-11(2)24-21-25(18(17)12-4-6-13(23)7-5-12)19(26)15(30-21)10-14-8-9-16(22)29-14/h4-10,18H,3H2,1-2H3/b15-10-/t18-/m0/s1. The summed E-state index contributed by atoms with van der Waals surface area (Å²) in [5.74, 6) is 0.0412. The van der Waals surface area contributed by atoms with E-state index in [1.807, 2.05) is 0 Å². The molecule has 0 aliphatic carbocycles. The van der Waals surface area contributed by atoms with Gasteiger partial charge in [-0.1, -0.05) is 35.1 Å². The number of allylic oxidation sites excluding steroid dienone is 1. The van der Waals surface area contributed by atoms with Crippen LogP contribution in [-0.2, 0) is 9.53 Å². The monoisotopic (exact) mass is 506 g/mol. The first-order chi connectivity index (χ1) is 14.4. The first-order valence-electron chi connectivity index (χ1n) is 9.09. The van der Waals surface area contributed by atoms with Gasteiger partial charge in [0.05, 0.1) is 28.5 Å². The number of carbonyl (C=O) groups excluding carboxylic acids is 1. The van der Waals surface area contributed by atoms with E-state index in [0.717, 1.165) is 5.56 Å². The number of aromatic nitrogens is 1. The number of halogens is 2. The van der Waals surface area contributed by atoms with Crippen molar-refractivity contribution < 1.29 is 13.9 Å². The van der Waals surface area contributed by atoms with Crippen LogP contribution in [0.15, 0.2) is 66.5 Å². The predicted octanol–water partition coefficient (Wildman–Crippen LogP) is 3.81. The highest BCUT2D eigenvalue weighted by molar-refractivity contribution is 9.10. The van der Waals surface area contributed by atoms with Crippen molar-refractivity contribution in [1.82, 2.24) is 4.57 Å². The van der Waals surface area contributed by atoms with Crippen molar-refractivity contribution in [3.8, 4) is 0 Å². The molecular weight excluding hydrogens is 492 g/mol. The van der Waals surface area contributed by atoms with Gasteiger partial charge in [0.2, 0.25) is 0 Å². The minimum Gasteiger partial charge on any atom is -0.463 e. The molecule has 6 nitrogen and oxygen atoms in total. The van der Waals surface area contributed by atoms with Crippen LogP contribution in [0.2, 0.25) is 5.02 Å². The zero-order chi connectivity index (χ0) is 21.4. The van der Waals surface area contributed by atoms with E-state index in [-0.39, 0.29) is 12.2 Å². The quantitative estimate of drug-likeness (QED) is 0.504. The molecule has 0 saturated carbocycles. The van der Waals surface area contributed by atoms with E-state index in [1.165, 1.54) is 15.9 Å². The SMILES string of the molecule is CCOC(=O)C1=C(C)N=c2s/c(=C\c3ccc(Br)o3)c(=O)n2[C@H]1c1ccc(Cl)cc1. The molecule has 3 aromatic rings. The molecule has 9 heteroatoms. The third-order valence-corrected chi connectivity index (χ3v) is 6.23. The van der Waals surface area contributed by atoms with Crippen LogP contribution in [0.5, 0.6) is 0 Å². The second-order valence-electron chi connectivity index (χ2n) is 6.50. The molecule has 154 valence electrons. The molecule has 1 atom stereocenters. The molecule has 0 spiro atoms. The first-order valence-corrected chi connectivity index (χ1v) is 11.1. The summed E-state index contributed by atoms with van der Waals surface area (Å²) in [5.41, 5.74) is 1.33. The van der Waals surface area contributed by atoms with Gasteiger partial charge < -0.3 is 9.15 Å². The van der Waals surface area contributed by atoms with Crippen LogP contribution in [-0.4, -0.2) is 17.1 Å². The molecule has 0 radical (unpaired) electrons. The van der Waals surface area contributed by atoms with Crippen molar-refractivity contribution >= 4 is 50.9 Å². The Balaban J connectivity index is 1.96. The molecule has 2 aromatic heterocycles. The Labute approximate surface area is 188 Å². The molecule has 0 unspecified atom stereocenters. The maximum Gasteiger partial charge on any atom is 0.338 e. The van der Waals surface area contributed by atoms with Crippen LogP contribution >= 0.6 is 38.9 Å². The highest BCUT2D eigenvalue weighted by Crippen LogP contribution is 2.31. The predicted molar refractivity (Wildman–Crippen MR) is 118 cm³/mol. The third-order valence-electron chi connectivity index (χ3n) is 4.57. The smallest absolute Gasteiger partial charge is 0.338 e. The summed E-state index contributed by atoms with van der Waals surface area (Å²) in [5, 5.41) is 0.563. The molecule has 1 aromatic carbocycles. The Morgan fingerprint density at radius 3 is 2.70 bits per heavy atom.